The Labute approximate surface area is 124 Å². The molecular weight excluding hydrogens is 264 g/mol. The van der Waals surface area contributed by atoms with Crippen molar-refractivity contribution in [3.8, 4) is 5.75 Å². The van der Waals surface area contributed by atoms with Gasteiger partial charge in [0, 0.05) is 24.8 Å². The molecule has 110 valence electrons. The lowest BCUT2D eigenvalue weighted by Gasteiger charge is -2.18. The van der Waals surface area contributed by atoms with Gasteiger partial charge in [0.25, 0.3) is 0 Å². The minimum absolute atomic E-state index is 0.335. The van der Waals surface area contributed by atoms with Crippen LogP contribution in [-0.4, -0.2) is 28.2 Å². The standard InChI is InChI=1S/C16H20N4O/c1-11-7-15(19-16(17)18-11)20-6-5-13(10-20)8-12-3-2-4-14(21)9-12/h2-4,7,9,13,21H,5-6,8,10H2,1H3,(H2,17,18,19). The molecule has 3 rings (SSSR count). The summed E-state index contributed by atoms with van der Waals surface area (Å²) in [4.78, 5) is 10.7. The van der Waals surface area contributed by atoms with E-state index in [4.69, 9.17) is 5.73 Å². The van der Waals surface area contributed by atoms with Crippen LogP contribution < -0.4 is 10.6 Å². The SMILES string of the molecule is Cc1cc(N2CCC(Cc3cccc(O)c3)C2)nc(N)n1. The molecule has 1 saturated heterocycles. The molecule has 1 aliphatic heterocycles. The molecule has 0 spiro atoms. The molecule has 2 aromatic rings. The van der Waals surface area contributed by atoms with Gasteiger partial charge >= 0.3 is 0 Å². The molecule has 1 fully saturated rings. The molecule has 5 nitrogen and oxygen atoms in total. The molecule has 5 heteroatoms. The van der Waals surface area contributed by atoms with Gasteiger partial charge in [-0.25, -0.2) is 4.98 Å². The number of benzene rings is 1. The van der Waals surface area contributed by atoms with Gasteiger partial charge in [-0.1, -0.05) is 12.1 Å². The molecule has 1 atom stereocenters. The minimum Gasteiger partial charge on any atom is -0.508 e. The average Bonchev–Trinajstić information content (AvgIpc) is 2.86. The molecule has 1 unspecified atom stereocenters. The van der Waals surface area contributed by atoms with Crippen LogP contribution in [0.25, 0.3) is 0 Å². The third kappa shape index (κ3) is 3.24. The van der Waals surface area contributed by atoms with Gasteiger partial charge in [0.15, 0.2) is 0 Å². The zero-order chi connectivity index (χ0) is 14.8. The van der Waals surface area contributed by atoms with Crippen molar-refractivity contribution in [2.24, 2.45) is 5.92 Å². The number of nitrogens with two attached hydrogens (primary N) is 1. The molecule has 1 aromatic heterocycles. The molecule has 0 aliphatic carbocycles. The summed E-state index contributed by atoms with van der Waals surface area (Å²) < 4.78 is 0. The van der Waals surface area contributed by atoms with Gasteiger partial charge in [0.2, 0.25) is 5.95 Å². The van der Waals surface area contributed by atoms with Gasteiger partial charge in [-0.3, -0.25) is 0 Å². The maximum atomic E-state index is 9.54. The van der Waals surface area contributed by atoms with Crippen molar-refractivity contribution in [2.75, 3.05) is 23.7 Å². The Morgan fingerprint density at radius 2 is 2.19 bits per heavy atom. The third-order valence-electron chi connectivity index (χ3n) is 3.90. The summed E-state index contributed by atoms with van der Waals surface area (Å²) in [6.07, 6.45) is 2.10. The van der Waals surface area contributed by atoms with Crippen molar-refractivity contribution >= 4 is 11.8 Å². The number of phenolic OH excluding ortho intramolecular Hbond substituents is 1. The Morgan fingerprint density at radius 3 is 2.95 bits per heavy atom. The monoisotopic (exact) mass is 284 g/mol. The number of rotatable bonds is 3. The summed E-state index contributed by atoms with van der Waals surface area (Å²) in [5.41, 5.74) is 7.80. The van der Waals surface area contributed by atoms with E-state index < -0.39 is 0 Å². The summed E-state index contributed by atoms with van der Waals surface area (Å²) in [5.74, 6) is 2.16. The van der Waals surface area contributed by atoms with Crippen molar-refractivity contribution in [3.05, 3.63) is 41.6 Å². The van der Waals surface area contributed by atoms with Crippen LogP contribution in [0.1, 0.15) is 17.7 Å². The lowest BCUT2D eigenvalue weighted by atomic mass is 9.99. The van der Waals surface area contributed by atoms with Crippen LogP contribution in [0.15, 0.2) is 30.3 Å². The highest BCUT2D eigenvalue weighted by Gasteiger charge is 2.24. The number of anilines is 2. The molecule has 0 radical (unpaired) electrons. The highest BCUT2D eigenvalue weighted by Crippen LogP contribution is 2.26. The molecular formula is C16H20N4O. The quantitative estimate of drug-likeness (QED) is 0.903. The van der Waals surface area contributed by atoms with Crippen LogP contribution >= 0.6 is 0 Å². The van der Waals surface area contributed by atoms with E-state index in [0.717, 1.165) is 37.4 Å². The zero-order valence-corrected chi connectivity index (χ0v) is 12.2. The number of phenols is 1. The van der Waals surface area contributed by atoms with E-state index in [1.165, 1.54) is 5.56 Å². The third-order valence-corrected chi connectivity index (χ3v) is 3.90. The minimum atomic E-state index is 0.335. The number of aromatic hydroxyl groups is 1. The Bertz CT molecular complexity index is 624. The Balaban J connectivity index is 1.68. The first-order valence-corrected chi connectivity index (χ1v) is 7.24. The maximum Gasteiger partial charge on any atom is 0.222 e. The topological polar surface area (TPSA) is 75.3 Å². The Morgan fingerprint density at radius 1 is 1.33 bits per heavy atom. The van der Waals surface area contributed by atoms with E-state index in [1.807, 2.05) is 25.1 Å². The summed E-state index contributed by atoms with van der Waals surface area (Å²) in [6.45, 7) is 3.88. The Kier molecular flexibility index (Phi) is 3.64. The molecule has 3 N–H and O–H groups in total. The van der Waals surface area contributed by atoms with Gasteiger partial charge in [0.1, 0.15) is 11.6 Å². The predicted molar refractivity (Wildman–Crippen MR) is 83.3 cm³/mol. The number of nitrogens with zero attached hydrogens (tertiary/aromatic N) is 3. The first-order valence-electron chi connectivity index (χ1n) is 7.24. The molecule has 1 aromatic carbocycles. The second kappa shape index (κ2) is 5.60. The van der Waals surface area contributed by atoms with Gasteiger partial charge in [-0.2, -0.15) is 4.98 Å². The van der Waals surface area contributed by atoms with Crippen LogP contribution in [0.3, 0.4) is 0 Å². The highest BCUT2D eigenvalue weighted by molar-refractivity contribution is 5.44. The van der Waals surface area contributed by atoms with Crippen LogP contribution in [0.4, 0.5) is 11.8 Å². The fourth-order valence-corrected chi connectivity index (χ4v) is 2.96. The molecule has 2 heterocycles. The molecule has 0 bridgehead atoms. The second-order valence-electron chi connectivity index (χ2n) is 5.70. The number of aromatic nitrogens is 2. The second-order valence-corrected chi connectivity index (χ2v) is 5.70. The van der Waals surface area contributed by atoms with Gasteiger partial charge in [-0.05, 0) is 43.4 Å². The fourth-order valence-electron chi connectivity index (χ4n) is 2.96. The summed E-state index contributed by atoms with van der Waals surface area (Å²) in [6, 6.07) is 9.49. The van der Waals surface area contributed by atoms with Gasteiger partial charge < -0.3 is 15.7 Å². The van der Waals surface area contributed by atoms with E-state index in [1.54, 1.807) is 6.07 Å². The Hall–Kier alpha value is -2.30. The van der Waals surface area contributed by atoms with Crippen molar-refractivity contribution < 1.29 is 5.11 Å². The molecule has 0 saturated carbocycles. The highest BCUT2D eigenvalue weighted by atomic mass is 16.3. The van der Waals surface area contributed by atoms with Gasteiger partial charge in [-0.15, -0.1) is 0 Å². The summed E-state index contributed by atoms with van der Waals surface area (Å²) >= 11 is 0. The van der Waals surface area contributed by atoms with Gasteiger partial charge in [0.05, 0.1) is 0 Å². The first-order chi connectivity index (χ1) is 10.1. The number of hydrogen-bond acceptors (Lipinski definition) is 5. The van der Waals surface area contributed by atoms with Crippen LogP contribution in [-0.2, 0) is 6.42 Å². The number of nitrogen functional groups attached to an aromatic ring is 1. The van der Waals surface area contributed by atoms with Crippen molar-refractivity contribution in [3.63, 3.8) is 0 Å². The van der Waals surface area contributed by atoms with Crippen LogP contribution in [0.5, 0.6) is 5.75 Å². The number of aryl methyl sites for hydroxylation is 1. The fraction of sp³-hybridized carbons (Fsp3) is 0.375. The van der Waals surface area contributed by atoms with E-state index in [-0.39, 0.29) is 0 Å². The molecule has 0 amide bonds. The molecule has 21 heavy (non-hydrogen) atoms. The van der Waals surface area contributed by atoms with Crippen LogP contribution in [0, 0.1) is 12.8 Å². The normalized spacial score (nSPS) is 18.1. The predicted octanol–water partition coefficient (Wildman–Crippen LogP) is 2.14. The maximum absolute atomic E-state index is 9.54. The van der Waals surface area contributed by atoms with Crippen molar-refractivity contribution in [1.29, 1.82) is 0 Å². The van der Waals surface area contributed by atoms with Crippen molar-refractivity contribution in [2.45, 2.75) is 19.8 Å². The average molecular weight is 284 g/mol. The van der Waals surface area contributed by atoms with Crippen LogP contribution in [0.2, 0.25) is 0 Å². The lowest BCUT2D eigenvalue weighted by Crippen LogP contribution is -2.22. The smallest absolute Gasteiger partial charge is 0.222 e. The first kappa shape index (κ1) is 13.7. The zero-order valence-electron chi connectivity index (χ0n) is 12.2. The van der Waals surface area contributed by atoms with Crippen molar-refractivity contribution in [1.82, 2.24) is 9.97 Å². The van der Waals surface area contributed by atoms with E-state index in [2.05, 4.69) is 20.9 Å². The van der Waals surface area contributed by atoms with E-state index in [9.17, 15) is 5.11 Å². The lowest BCUT2D eigenvalue weighted by molar-refractivity contribution is 0.473. The number of hydrogen-bond donors (Lipinski definition) is 2. The van der Waals surface area contributed by atoms with E-state index in [0.29, 0.717) is 17.6 Å². The largest absolute Gasteiger partial charge is 0.508 e. The summed E-state index contributed by atoms with van der Waals surface area (Å²) in [5, 5.41) is 9.54. The molecule has 1 aliphatic rings. The van der Waals surface area contributed by atoms with E-state index >= 15 is 0 Å². The summed E-state index contributed by atoms with van der Waals surface area (Å²) in [7, 11) is 0.